The summed E-state index contributed by atoms with van der Waals surface area (Å²) in [6.45, 7) is 2.07. The number of halogens is 1. The molecule has 0 fully saturated rings. The SMILES string of the molecule is Cc1oc(-c2ccc(C(=O)NCc3ccc(Cl)cc3)cc2)nc1CS(=O)(=O)c1ccccc1. The molecule has 3 aromatic carbocycles. The molecule has 0 aliphatic carbocycles. The molecule has 0 aliphatic heterocycles. The van der Waals surface area contributed by atoms with Gasteiger partial charge in [-0.25, -0.2) is 13.4 Å². The van der Waals surface area contributed by atoms with Crippen LogP contribution in [0.25, 0.3) is 11.5 Å². The molecule has 168 valence electrons. The number of benzene rings is 3. The van der Waals surface area contributed by atoms with Crippen molar-refractivity contribution in [2.24, 2.45) is 0 Å². The molecule has 0 aliphatic rings. The largest absolute Gasteiger partial charge is 0.441 e. The van der Waals surface area contributed by atoms with Gasteiger partial charge >= 0.3 is 0 Å². The Morgan fingerprint density at radius 3 is 2.30 bits per heavy atom. The van der Waals surface area contributed by atoms with Crippen molar-refractivity contribution in [2.75, 3.05) is 0 Å². The molecule has 6 nitrogen and oxygen atoms in total. The van der Waals surface area contributed by atoms with Crippen molar-refractivity contribution in [2.45, 2.75) is 24.1 Å². The van der Waals surface area contributed by atoms with E-state index in [1.165, 1.54) is 0 Å². The molecule has 0 spiro atoms. The van der Waals surface area contributed by atoms with E-state index < -0.39 is 9.84 Å². The number of oxazole rings is 1. The van der Waals surface area contributed by atoms with E-state index in [9.17, 15) is 13.2 Å². The topological polar surface area (TPSA) is 89.3 Å². The first kappa shape index (κ1) is 22.8. The van der Waals surface area contributed by atoms with Crippen LogP contribution < -0.4 is 5.32 Å². The molecule has 1 heterocycles. The lowest BCUT2D eigenvalue weighted by Crippen LogP contribution is -2.22. The third-order valence-electron chi connectivity index (χ3n) is 5.08. The van der Waals surface area contributed by atoms with Gasteiger partial charge in [0.2, 0.25) is 5.89 Å². The second kappa shape index (κ2) is 9.60. The molecule has 1 amide bonds. The molecule has 1 aromatic heterocycles. The molecule has 8 heteroatoms. The van der Waals surface area contributed by atoms with Crippen LogP contribution in [0.1, 0.15) is 27.4 Å². The van der Waals surface area contributed by atoms with Crippen LogP contribution in [0.3, 0.4) is 0 Å². The molecule has 0 saturated heterocycles. The fourth-order valence-corrected chi connectivity index (χ4v) is 4.72. The van der Waals surface area contributed by atoms with Gasteiger partial charge in [0, 0.05) is 22.7 Å². The Morgan fingerprint density at radius 2 is 1.64 bits per heavy atom. The first-order valence-electron chi connectivity index (χ1n) is 10.2. The molecular weight excluding hydrogens is 460 g/mol. The minimum absolute atomic E-state index is 0.213. The smallest absolute Gasteiger partial charge is 0.251 e. The number of carbonyl (C=O) groups is 1. The highest BCUT2D eigenvalue weighted by Gasteiger charge is 2.21. The highest BCUT2D eigenvalue weighted by molar-refractivity contribution is 7.90. The van der Waals surface area contributed by atoms with Crippen molar-refractivity contribution in [3.63, 3.8) is 0 Å². The van der Waals surface area contributed by atoms with E-state index in [0.29, 0.717) is 40.0 Å². The van der Waals surface area contributed by atoms with Gasteiger partial charge in [-0.1, -0.05) is 41.9 Å². The molecule has 4 aromatic rings. The van der Waals surface area contributed by atoms with Gasteiger partial charge in [0.05, 0.1) is 10.6 Å². The number of aromatic nitrogens is 1. The summed E-state index contributed by atoms with van der Waals surface area (Å²) in [6.07, 6.45) is 0. The Kier molecular flexibility index (Phi) is 6.62. The minimum Gasteiger partial charge on any atom is -0.441 e. The lowest BCUT2D eigenvalue weighted by atomic mass is 10.1. The van der Waals surface area contributed by atoms with Crippen LogP contribution in [-0.4, -0.2) is 19.3 Å². The number of hydrogen-bond donors (Lipinski definition) is 1. The summed E-state index contributed by atoms with van der Waals surface area (Å²) in [7, 11) is -3.54. The van der Waals surface area contributed by atoms with Gasteiger partial charge in [-0.15, -0.1) is 0 Å². The third-order valence-corrected chi connectivity index (χ3v) is 6.98. The first-order chi connectivity index (χ1) is 15.8. The summed E-state index contributed by atoms with van der Waals surface area (Å²) in [5.41, 5.74) is 2.44. The second-order valence-corrected chi connectivity index (χ2v) is 9.91. The molecule has 0 unspecified atom stereocenters. The monoisotopic (exact) mass is 480 g/mol. The molecular formula is C25H21ClN2O4S. The van der Waals surface area contributed by atoms with E-state index in [0.717, 1.165) is 5.56 Å². The van der Waals surface area contributed by atoms with Gasteiger partial charge < -0.3 is 9.73 Å². The van der Waals surface area contributed by atoms with Crippen molar-refractivity contribution in [1.29, 1.82) is 0 Å². The van der Waals surface area contributed by atoms with E-state index in [-0.39, 0.29) is 16.6 Å². The van der Waals surface area contributed by atoms with Crippen LogP contribution in [0.15, 0.2) is 88.2 Å². The van der Waals surface area contributed by atoms with Gasteiger partial charge in [0.1, 0.15) is 11.5 Å². The number of carbonyl (C=O) groups excluding carboxylic acids is 1. The van der Waals surface area contributed by atoms with Crippen LogP contribution in [0.2, 0.25) is 5.02 Å². The van der Waals surface area contributed by atoms with Crippen molar-refractivity contribution in [1.82, 2.24) is 10.3 Å². The average molecular weight is 481 g/mol. The number of sulfone groups is 1. The van der Waals surface area contributed by atoms with Crippen LogP contribution in [0.5, 0.6) is 0 Å². The maximum absolute atomic E-state index is 12.7. The van der Waals surface area contributed by atoms with Gasteiger partial charge in [-0.3, -0.25) is 4.79 Å². The number of rotatable bonds is 7. The number of amides is 1. The van der Waals surface area contributed by atoms with E-state index in [2.05, 4.69) is 10.3 Å². The van der Waals surface area contributed by atoms with Gasteiger partial charge in [-0.05, 0) is 61.0 Å². The number of hydrogen-bond acceptors (Lipinski definition) is 5. The molecule has 4 rings (SSSR count). The highest BCUT2D eigenvalue weighted by Crippen LogP contribution is 2.25. The second-order valence-electron chi connectivity index (χ2n) is 7.48. The van der Waals surface area contributed by atoms with E-state index in [1.54, 1.807) is 73.7 Å². The zero-order valence-corrected chi connectivity index (χ0v) is 19.4. The maximum Gasteiger partial charge on any atom is 0.251 e. The standard InChI is InChI=1S/C25H21ClN2O4S/c1-17-23(16-33(30,31)22-5-3-2-4-6-22)28-25(32-17)20-11-9-19(10-12-20)24(29)27-15-18-7-13-21(26)14-8-18/h2-14H,15-16H2,1H3,(H,27,29). The summed E-state index contributed by atoms with van der Waals surface area (Å²) >= 11 is 5.88. The molecule has 0 saturated carbocycles. The quantitative estimate of drug-likeness (QED) is 0.392. The van der Waals surface area contributed by atoms with Gasteiger partial charge in [-0.2, -0.15) is 0 Å². The molecule has 0 bridgehead atoms. The van der Waals surface area contributed by atoms with Gasteiger partial charge in [0.25, 0.3) is 5.91 Å². The Hall–Kier alpha value is -3.42. The molecule has 1 N–H and O–H groups in total. The van der Waals surface area contributed by atoms with Crippen LogP contribution in [0, 0.1) is 6.92 Å². The van der Waals surface area contributed by atoms with E-state index in [1.807, 2.05) is 12.1 Å². The lowest BCUT2D eigenvalue weighted by molar-refractivity contribution is 0.0951. The van der Waals surface area contributed by atoms with Crippen molar-refractivity contribution >= 4 is 27.3 Å². The highest BCUT2D eigenvalue weighted by atomic mass is 35.5. The predicted molar refractivity (Wildman–Crippen MR) is 127 cm³/mol. The molecule has 0 radical (unpaired) electrons. The fourth-order valence-electron chi connectivity index (χ4n) is 3.23. The normalized spacial score (nSPS) is 11.3. The minimum atomic E-state index is -3.54. The lowest BCUT2D eigenvalue weighted by Gasteiger charge is -2.06. The zero-order valence-electron chi connectivity index (χ0n) is 17.8. The van der Waals surface area contributed by atoms with Crippen molar-refractivity contribution < 1.29 is 17.6 Å². The van der Waals surface area contributed by atoms with E-state index in [4.69, 9.17) is 16.0 Å². The van der Waals surface area contributed by atoms with Gasteiger partial charge in [0.15, 0.2) is 9.84 Å². The van der Waals surface area contributed by atoms with E-state index >= 15 is 0 Å². The summed E-state index contributed by atoms with van der Waals surface area (Å²) in [5.74, 6) is 0.278. The van der Waals surface area contributed by atoms with Crippen LogP contribution >= 0.6 is 11.6 Å². The molecule has 0 atom stereocenters. The summed E-state index contributed by atoms with van der Waals surface area (Å²) in [4.78, 5) is 17.1. The van der Waals surface area contributed by atoms with Crippen molar-refractivity contribution in [3.05, 3.63) is 106 Å². The van der Waals surface area contributed by atoms with Crippen LogP contribution in [-0.2, 0) is 22.1 Å². The number of nitrogens with zero attached hydrogens (tertiary/aromatic N) is 1. The maximum atomic E-state index is 12.7. The first-order valence-corrected chi connectivity index (χ1v) is 12.2. The Labute approximate surface area is 197 Å². The van der Waals surface area contributed by atoms with Crippen molar-refractivity contribution in [3.8, 4) is 11.5 Å². The predicted octanol–water partition coefficient (Wildman–Crippen LogP) is 5.21. The zero-order chi connectivity index (χ0) is 23.4. The summed E-state index contributed by atoms with van der Waals surface area (Å²) < 4.78 is 31.0. The molecule has 33 heavy (non-hydrogen) atoms. The Bertz CT molecular complexity index is 1360. The Balaban J connectivity index is 1.44. The number of aryl methyl sites for hydroxylation is 1. The third kappa shape index (κ3) is 5.50. The summed E-state index contributed by atoms with van der Waals surface area (Å²) in [6, 6.07) is 22.3. The average Bonchev–Trinajstić information content (AvgIpc) is 3.18. The fraction of sp³-hybridized carbons (Fsp3) is 0.120. The number of nitrogens with one attached hydrogen (secondary N) is 1. The van der Waals surface area contributed by atoms with Crippen LogP contribution in [0.4, 0.5) is 0 Å². The Morgan fingerprint density at radius 1 is 0.970 bits per heavy atom. The summed E-state index contributed by atoms with van der Waals surface area (Å²) in [5, 5.41) is 3.50.